The SMILES string of the molecule is Cc1cc([C@@H]2[C@H](c3ccccn3)NC(=S)N2c2ccc(NC(=O)C(C)C)c(Cl)c2)c(C)n1-c1ccccn1. The van der Waals surface area contributed by atoms with Crippen molar-refractivity contribution in [3.8, 4) is 5.82 Å². The molecule has 2 N–H and O–H groups in total. The molecule has 0 spiro atoms. The number of carbonyl (C=O) groups excluding carboxylic acids is 1. The molecule has 1 saturated heterocycles. The number of pyridine rings is 2. The lowest BCUT2D eigenvalue weighted by Crippen LogP contribution is -2.29. The van der Waals surface area contributed by atoms with Crippen LogP contribution < -0.4 is 15.5 Å². The number of nitrogens with zero attached hydrogens (tertiary/aromatic N) is 4. The Morgan fingerprint density at radius 2 is 1.79 bits per heavy atom. The van der Waals surface area contributed by atoms with Crippen molar-refractivity contribution in [2.75, 3.05) is 10.2 Å². The third-order valence-corrected chi connectivity index (χ3v) is 7.41. The molecule has 3 aromatic heterocycles. The van der Waals surface area contributed by atoms with E-state index in [0.717, 1.165) is 34.2 Å². The highest BCUT2D eigenvalue weighted by Gasteiger charge is 2.42. The second kappa shape index (κ2) is 10.6. The van der Waals surface area contributed by atoms with Crippen molar-refractivity contribution >= 4 is 46.2 Å². The summed E-state index contributed by atoms with van der Waals surface area (Å²) in [5.41, 5.74) is 5.51. The zero-order valence-electron chi connectivity index (χ0n) is 21.6. The van der Waals surface area contributed by atoms with Crippen LogP contribution in [0.1, 0.15) is 48.6 Å². The number of hydrogen-bond donors (Lipinski definition) is 2. The Labute approximate surface area is 232 Å². The van der Waals surface area contributed by atoms with Crippen molar-refractivity contribution in [2.45, 2.75) is 39.8 Å². The van der Waals surface area contributed by atoms with Gasteiger partial charge in [-0.2, -0.15) is 0 Å². The maximum Gasteiger partial charge on any atom is 0.226 e. The van der Waals surface area contributed by atoms with Crippen molar-refractivity contribution in [1.29, 1.82) is 0 Å². The molecule has 0 unspecified atom stereocenters. The molecule has 4 heterocycles. The first-order chi connectivity index (χ1) is 18.3. The van der Waals surface area contributed by atoms with Gasteiger partial charge in [0, 0.05) is 35.4 Å². The van der Waals surface area contributed by atoms with E-state index in [1.807, 2.05) is 68.4 Å². The zero-order valence-corrected chi connectivity index (χ0v) is 23.2. The fraction of sp³-hybridized carbons (Fsp3) is 0.241. The molecule has 0 radical (unpaired) electrons. The summed E-state index contributed by atoms with van der Waals surface area (Å²) < 4.78 is 2.15. The molecule has 2 atom stereocenters. The lowest BCUT2D eigenvalue weighted by atomic mass is 9.96. The number of amides is 1. The van der Waals surface area contributed by atoms with E-state index in [-0.39, 0.29) is 23.9 Å². The van der Waals surface area contributed by atoms with Crippen LogP contribution in [-0.4, -0.2) is 25.6 Å². The molecule has 5 rings (SSSR count). The second-order valence-corrected chi connectivity index (χ2v) is 10.4. The first-order valence-electron chi connectivity index (χ1n) is 12.5. The van der Waals surface area contributed by atoms with E-state index >= 15 is 0 Å². The number of benzene rings is 1. The number of aromatic nitrogens is 3. The Bertz CT molecular complexity index is 1490. The van der Waals surface area contributed by atoms with Gasteiger partial charge in [0.15, 0.2) is 5.11 Å². The maximum absolute atomic E-state index is 12.3. The average molecular weight is 545 g/mol. The van der Waals surface area contributed by atoms with Gasteiger partial charge in [-0.05, 0) is 80.2 Å². The van der Waals surface area contributed by atoms with Gasteiger partial charge in [-0.25, -0.2) is 4.98 Å². The fourth-order valence-electron chi connectivity index (χ4n) is 4.91. The van der Waals surface area contributed by atoms with Gasteiger partial charge in [0.25, 0.3) is 0 Å². The van der Waals surface area contributed by atoms with Gasteiger partial charge in [-0.1, -0.05) is 37.6 Å². The molecule has 1 amide bonds. The Hall–Kier alpha value is -3.75. The van der Waals surface area contributed by atoms with Crippen molar-refractivity contribution in [3.63, 3.8) is 0 Å². The van der Waals surface area contributed by atoms with Crippen molar-refractivity contribution in [3.05, 3.63) is 101 Å². The summed E-state index contributed by atoms with van der Waals surface area (Å²) in [4.78, 5) is 23.6. The smallest absolute Gasteiger partial charge is 0.226 e. The average Bonchev–Trinajstić information content (AvgIpc) is 3.41. The Balaban J connectivity index is 1.61. The van der Waals surface area contributed by atoms with Crippen LogP contribution in [0.2, 0.25) is 5.02 Å². The van der Waals surface area contributed by atoms with E-state index in [1.54, 1.807) is 12.4 Å². The molecular weight excluding hydrogens is 516 g/mol. The van der Waals surface area contributed by atoms with Crippen LogP contribution in [0.4, 0.5) is 11.4 Å². The second-order valence-electron chi connectivity index (χ2n) is 9.65. The number of thiocarbonyl (C=S) groups is 1. The number of hydrogen-bond acceptors (Lipinski definition) is 4. The predicted octanol–water partition coefficient (Wildman–Crippen LogP) is 6.31. The molecule has 1 aliphatic heterocycles. The zero-order chi connectivity index (χ0) is 27.0. The molecule has 4 aromatic rings. The summed E-state index contributed by atoms with van der Waals surface area (Å²) in [6.45, 7) is 7.87. The first-order valence-corrected chi connectivity index (χ1v) is 13.3. The van der Waals surface area contributed by atoms with Gasteiger partial charge in [-0.3, -0.25) is 9.78 Å². The predicted molar refractivity (Wildman–Crippen MR) is 156 cm³/mol. The summed E-state index contributed by atoms with van der Waals surface area (Å²) in [6.07, 6.45) is 3.59. The summed E-state index contributed by atoms with van der Waals surface area (Å²) >= 11 is 12.6. The molecule has 1 fully saturated rings. The van der Waals surface area contributed by atoms with Gasteiger partial charge in [0.05, 0.1) is 28.5 Å². The van der Waals surface area contributed by atoms with Gasteiger partial charge < -0.3 is 20.1 Å². The normalized spacial score (nSPS) is 17.1. The van der Waals surface area contributed by atoms with Crippen LogP contribution in [0.3, 0.4) is 0 Å². The Morgan fingerprint density at radius 1 is 1.05 bits per heavy atom. The first kappa shape index (κ1) is 25.9. The van der Waals surface area contributed by atoms with Crippen molar-refractivity contribution in [2.24, 2.45) is 5.92 Å². The largest absolute Gasteiger partial charge is 0.351 e. The van der Waals surface area contributed by atoms with Crippen molar-refractivity contribution in [1.82, 2.24) is 19.9 Å². The van der Waals surface area contributed by atoms with Crippen LogP contribution in [0.15, 0.2) is 73.1 Å². The minimum absolute atomic E-state index is 0.0898. The summed E-state index contributed by atoms with van der Waals surface area (Å²) in [6, 6.07) is 19.2. The minimum atomic E-state index is -0.201. The number of aryl methyl sites for hydroxylation is 1. The monoisotopic (exact) mass is 544 g/mol. The van der Waals surface area contributed by atoms with Gasteiger partial charge in [-0.15, -0.1) is 0 Å². The van der Waals surface area contributed by atoms with Crippen molar-refractivity contribution < 1.29 is 4.79 Å². The van der Waals surface area contributed by atoms with Crippen LogP contribution in [0.25, 0.3) is 5.82 Å². The van der Waals surface area contributed by atoms with Crippen LogP contribution in [-0.2, 0) is 4.79 Å². The molecule has 0 aliphatic carbocycles. The molecule has 38 heavy (non-hydrogen) atoms. The number of carbonyl (C=O) groups is 1. The van der Waals surface area contributed by atoms with E-state index in [4.69, 9.17) is 23.8 Å². The highest BCUT2D eigenvalue weighted by Crippen LogP contribution is 2.44. The standard InChI is InChI=1S/C29H29ClN6OS/c1-17(2)28(37)33-23-12-11-20(16-22(23)30)36-27(26(34-29(36)38)24-9-5-7-13-31-24)21-15-18(3)35(19(21)4)25-10-6-8-14-32-25/h5-17,26-27H,1-4H3,(H,33,37)(H,34,38)/t26-,27+/m0/s1. The van der Waals surface area contributed by atoms with E-state index in [0.29, 0.717) is 15.8 Å². The summed E-state index contributed by atoms with van der Waals surface area (Å²) in [5.74, 6) is 0.614. The lowest BCUT2D eigenvalue weighted by Gasteiger charge is -2.28. The molecule has 194 valence electrons. The van der Waals surface area contributed by atoms with Crippen LogP contribution >= 0.6 is 23.8 Å². The van der Waals surface area contributed by atoms with Crippen LogP contribution in [0, 0.1) is 19.8 Å². The van der Waals surface area contributed by atoms with Crippen LogP contribution in [0.5, 0.6) is 0 Å². The van der Waals surface area contributed by atoms with E-state index < -0.39 is 0 Å². The molecule has 1 aromatic carbocycles. The molecule has 0 saturated carbocycles. The summed E-state index contributed by atoms with van der Waals surface area (Å²) in [5, 5.41) is 7.41. The lowest BCUT2D eigenvalue weighted by molar-refractivity contribution is -0.118. The quantitative estimate of drug-likeness (QED) is 0.277. The van der Waals surface area contributed by atoms with Gasteiger partial charge in [0.1, 0.15) is 5.82 Å². The van der Waals surface area contributed by atoms with E-state index in [2.05, 4.69) is 50.0 Å². The Morgan fingerprint density at radius 3 is 2.42 bits per heavy atom. The van der Waals surface area contributed by atoms with Gasteiger partial charge >= 0.3 is 0 Å². The highest BCUT2D eigenvalue weighted by atomic mass is 35.5. The van der Waals surface area contributed by atoms with E-state index in [9.17, 15) is 4.79 Å². The third kappa shape index (κ3) is 4.77. The van der Waals surface area contributed by atoms with Gasteiger partial charge in [0.2, 0.25) is 5.91 Å². The van der Waals surface area contributed by atoms with E-state index in [1.165, 1.54) is 0 Å². The number of halogens is 1. The maximum atomic E-state index is 12.3. The fourth-order valence-corrected chi connectivity index (χ4v) is 5.47. The number of anilines is 2. The Kier molecular flexibility index (Phi) is 7.19. The molecule has 7 nitrogen and oxygen atoms in total. The highest BCUT2D eigenvalue weighted by molar-refractivity contribution is 7.80. The topological polar surface area (TPSA) is 75.1 Å². The number of nitrogens with one attached hydrogen (secondary N) is 2. The molecule has 0 bridgehead atoms. The summed E-state index contributed by atoms with van der Waals surface area (Å²) in [7, 11) is 0. The molecule has 1 aliphatic rings. The molecule has 9 heteroatoms. The third-order valence-electron chi connectivity index (χ3n) is 6.78. The molecular formula is C29H29ClN6OS. The number of rotatable bonds is 6. The minimum Gasteiger partial charge on any atom is -0.351 e.